The number of benzene rings is 1. The van der Waals surface area contributed by atoms with E-state index in [1.165, 1.54) is 5.56 Å². The second kappa shape index (κ2) is 10.1. The van der Waals surface area contributed by atoms with Gasteiger partial charge in [-0.05, 0) is 48.9 Å². The molecule has 5 heteroatoms. The van der Waals surface area contributed by atoms with E-state index in [-0.39, 0.29) is 12.0 Å². The van der Waals surface area contributed by atoms with E-state index in [2.05, 4.69) is 24.2 Å². The molecule has 1 N–H and O–H groups in total. The summed E-state index contributed by atoms with van der Waals surface area (Å²) in [6, 6.07) is 13.6. The highest BCUT2D eigenvalue weighted by Crippen LogP contribution is 2.42. The fraction of sp³-hybridized carbons (Fsp3) is 0.556. The molecule has 1 aliphatic carbocycles. The Bertz CT molecular complexity index is 869. The van der Waals surface area contributed by atoms with Crippen LogP contribution < -0.4 is 0 Å². The Morgan fingerprint density at radius 3 is 2.53 bits per heavy atom. The van der Waals surface area contributed by atoms with Gasteiger partial charge in [0.05, 0.1) is 20.1 Å². The van der Waals surface area contributed by atoms with E-state index in [4.69, 9.17) is 4.74 Å². The van der Waals surface area contributed by atoms with Gasteiger partial charge in [0, 0.05) is 31.2 Å². The molecule has 172 valence electrons. The molecule has 1 aromatic carbocycles. The quantitative estimate of drug-likeness (QED) is 0.496. The largest absolute Gasteiger partial charge is 0.454 e. The number of nitrogens with zero attached hydrogens (tertiary/aromatic N) is 2. The summed E-state index contributed by atoms with van der Waals surface area (Å²) in [5.74, 6) is -0.520. The average Bonchev–Trinajstić information content (AvgIpc) is 3.35. The zero-order valence-corrected chi connectivity index (χ0v) is 19.3. The molecular weight excluding hydrogens is 400 g/mol. The van der Waals surface area contributed by atoms with Gasteiger partial charge in [-0.2, -0.15) is 0 Å². The van der Waals surface area contributed by atoms with Crippen LogP contribution in [0.2, 0.25) is 0 Å². The van der Waals surface area contributed by atoms with Crippen LogP contribution >= 0.6 is 0 Å². The van der Waals surface area contributed by atoms with E-state index in [0.29, 0.717) is 5.56 Å². The minimum absolute atomic E-state index is 0.0674. The van der Waals surface area contributed by atoms with Gasteiger partial charge in [0.25, 0.3) is 0 Å². The van der Waals surface area contributed by atoms with E-state index in [0.717, 1.165) is 75.5 Å². The fourth-order valence-corrected chi connectivity index (χ4v) is 5.69. The van der Waals surface area contributed by atoms with Crippen LogP contribution in [0.1, 0.15) is 56.1 Å². The summed E-state index contributed by atoms with van der Waals surface area (Å²) in [6.45, 7) is 2.98. The topological polar surface area (TPSA) is 59.4 Å². The maximum atomic E-state index is 13.4. The average molecular weight is 438 g/mol. The van der Waals surface area contributed by atoms with Gasteiger partial charge in [0.2, 0.25) is 0 Å². The molecule has 5 nitrogen and oxygen atoms in total. The number of pyridine rings is 1. The third-order valence-electron chi connectivity index (χ3n) is 7.53. The van der Waals surface area contributed by atoms with Crippen molar-refractivity contribution in [1.29, 1.82) is 0 Å². The van der Waals surface area contributed by atoms with Crippen molar-refractivity contribution < 1.29 is 19.1 Å². The van der Waals surface area contributed by atoms with Crippen molar-refractivity contribution in [3.63, 3.8) is 0 Å². The minimum atomic E-state index is -1.54. The second-order valence-electron chi connectivity index (χ2n) is 9.99. The van der Waals surface area contributed by atoms with Gasteiger partial charge >= 0.3 is 5.97 Å². The molecule has 2 fully saturated rings. The van der Waals surface area contributed by atoms with Gasteiger partial charge in [-0.15, -0.1) is 0 Å². The summed E-state index contributed by atoms with van der Waals surface area (Å²) in [6.07, 6.45) is 11.5. The number of esters is 1. The maximum absolute atomic E-state index is 13.4. The summed E-state index contributed by atoms with van der Waals surface area (Å²) < 4.78 is 6.98. The van der Waals surface area contributed by atoms with Crippen LogP contribution in [0.4, 0.5) is 0 Å². The van der Waals surface area contributed by atoms with Gasteiger partial charge in [0.15, 0.2) is 11.7 Å². The molecule has 1 saturated heterocycles. The van der Waals surface area contributed by atoms with Gasteiger partial charge in [-0.3, -0.25) is 4.98 Å². The molecule has 4 rings (SSSR count). The Morgan fingerprint density at radius 2 is 1.81 bits per heavy atom. The van der Waals surface area contributed by atoms with Crippen molar-refractivity contribution >= 4 is 5.97 Å². The predicted octanol–water partition coefficient (Wildman–Crippen LogP) is 4.24. The van der Waals surface area contributed by atoms with Crippen LogP contribution in [0.3, 0.4) is 0 Å². The van der Waals surface area contributed by atoms with E-state index >= 15 is 0 Å². The smallest absolute Gasteiger partial charge is 0.343 e. The summed E-state index contributed by atoms with van der Waals surface area (Å²) in [5.41, 5.74) is 0.443. The van der Waals surface area contributed by atoms with Crippen LogP contribution in [-0.2, 0) is 21.6 Å². The highest BCUT2D eigenvalue weighted by molar-refractivity contribution is 5.81. The lowest BCUT2D eigenvalue weighted by Crippen LogP contribution is -2.55. The molecule has 1 aromatic heterocycles. The van der Waals surface area contributed by atoms with E-state index < -0.39 is 11.6 Å². The monoisotopic (exact) mass is 437 g/mol. The first-order valence-corrected chi connectivity index (χ1v) is 12.2. The van der Waals surface area contributed by atoms with Crippen LogP contribution in [0.5, 0.6) is 0 Å². The summed E-state index contributed by atoms with van der Waals surface area (Å²) in [4.78, 5) is 17.5. The third-order valence-corrected chi connectivity index (χ3v) is 7.53. The van der Waals surface area contributed by atoms with Crippen molar-refractivity contribution in [2.45, 2.75) is 63.1 Å². The number of quaternary nitrogens is 1. The number of aryl methyl sites for hydroxylation is 1. The van der Waals surface area contributed by atoms with E-state index in [9.17, 15) is 9.90 Å². The zero-order valence-electron chi connectivity index (χ0n) is 19.3. The molecule has 0 amide bonds. The number of likely N-dealkylation sites (tertiary alicyclic amines) is 1. The first-order valence-electron chi connectivity index (χ1n) is 12.2. The SMILES string of the molecule is C[N+]1(CCCc2ccncc2)CCC[C@@H](OC(=O)C(O)(c2ccccc2)C2CCCC2)C1. The molecule has 0 spiro atoms. The number of aromatic nitrogens is 1. The van der Waals surface area contributed by atoms with E-state index in [1.807, 2.05) is 42.7 Å². The Morgan fingerprint density at radius 1 is 1.09 bits per heavy atom. The van der Waals surface area contributed by atoms with Crippen LogP contribution in [-0.4, -0.2) is 53.3 Å². The Balaban J connectivity index is 1.40. The van der Waals surface area contributed by atoms with Crippen molar-refractivity contribution in [3.05, 3.63) is 66.0 Å². The zero-order chi connectivity index (χ0) is 22.4. The molecule has 2 aromatic rings. The normalized spacial score (nSPS) is 25.9. The standard InChI is InChI=1S/C27H37N2O3/c1-29(19-7-9-22-15-17-28-18-16-22)20-8-14-25(21-29)32-26(30)27(31,24-12-5-6-13-24)23-10-3-2-4-11-23/h2-4,10-11,15-18,24-25,31H,5-9,12-14,19-21H2,1H3/q+1/t25-,27?,29?/m1/s1. The van der Waals surface area contributed by atoms with Gasteiger partial charge in [-0.1, -0.05) is 43.2 Å². The Kier molecular flexibility index (Phi) is 7.27. The highest BCUT2D eigenvalue weighted by atomic mass is 16.6. The Hall–Kier alpha value is -2.24. The maximum Gasteiger partial charge on any atom is 0.343 e. The molecule has 2 heterocycles. The minimum Gasteiger partial charge on any atom is -0.454 e. The van der Waals surface area contributed by atoms with Gasteiger partial charge in [-0.25, -0.2) is 4.79 Å². The molecular formula is C27H37N2O3+. The van der Waals surface area contributed by atoms with Crippen LogP contribution in [0.25, 0.3) is 0 Å². The summed E-state index contributed by atoms with van der Waals surface area (Å²) in [5, 5.41) is 11.7. The number of hydrogen-bond acceptors (Lipinski definition) is 4. The molecule has 1 saturated carbocycles. The molecule has 32 heavy (non-hydrogen) atoms. The fourth-order valence-electron chi connectivity index (χ4n) is 5.69. The van der Waals surface area contributed by atoms with Crippen molar-refractivity contribution in [2.75, 3.05) is 26.7 Å². The Labute approximate surface area is 192 Å². The molecule has 3 atom stereocenters. The van der Waals surface area contributed by atoms with Crippen molar-refractivity contribution in [1.82, 2.24) is 4.98 Å². The number of carbonyl (C=O) groups is 1. The number of ether oxygens (including phenoxy) is 1. The number of piperidine rings is 1. The first-order chi connectivity index (χ1) is 15.5. The number of rotatable bonds is 8. The number of likely N-dealkylation sites (N-methyl/N-ethyl adjacent to an activating group) is 1. The second-order valence-corrected chi connectivity index (χ2v) is 9.99. The van der Waals surface area contributed by atoms with Crippen molar-refractivity contribution in [3.8, 4) is 0 Å². The van der Waals surface area contributed by atoms with Crippen molar-refractivity contribution in [2.24, 2.45) is 5.92 Å². The lowest BCUT2D eigenvalue weighted by atomic mass is 9.80. The number of hydrogen-bond donors (Lipinski definition) is 1. The van der Waals surface area contributed by atoms with Gasteiger partial charge < -0.3 is 14.3 Å². The molecule has 2 unspecified atom stereocenters. The van der Waals surface area contributed by atoms with Crippen LogP contribution in [0.15, 0.2) is 54.9 Å². The van der Waals surface area contributed by atoms with Gasteiger partial charge in [0.1, 0.15) is 6.54 Å². The molecule has 0 radical (unpaired) electrons. The number of aliphatic hydroxyl groups is 1. The highest BCUT2D eigenvalue weighted by Gasteiger charge is 2.49. The molecule has 0 bridgehead atoms. The lowest BCUT2D eigenvalue weighted by molar-refractivity contribution is -0.917. The summed E-state index contributed by atoms with van der Waals surface area (Å²) in [7, 11) is 2.27. The van der Waals surface area contributed by atoms with Crippen LogP contribution in [0, 0.1) is 5.92 Å². The van der Waals surface area contributed by atoms with E-state index in [1.54, 1.807) is 0 Å². The number of carbonyl (C=O) groups excluding carboxylic acids is 1. The molecule has 2 aliphatic rings. The predicted molar refractivity (Wildman–Crippen MR) is 125 cm³/mol. The third kappa shape index (κ3) is 5.21. The molecule has 1 aliphatic heterocycles. The summed E-state index contributed by atoms with van der Waals surface area (Å²) >= 11 is 0. The lowest BCUT2D eigenvalue weighted by Gasteiger charge is -2.42. The first kappa shape index (κ1) is 22.9.